The third kappa shape index (κ3) is 2.76. The largest absolute Gasteiger partial charge is 0.377 e. The summed E-state index contributed by atoms with van der Waals surface area (Å²) < 4.78 is 5.57. The first-order chi connectivity index (χ1) is 8.54. The molecule has 0 spiro atoms. The molecule has 2 atom stereocenters. The fourth-order valence-corrected chi connectivity index (χ4v) is 2.61. The molecule has 2 unspecified atom stereocenters. The summed E-state index contributed by atoms with van der Waals surface area (Å²) >= 11 is 0. The van der Waals surface area contributed by atoms with Gasteiger partial charge >= 0.3 is 0 Å². The average molecular weight is 247 g/mol. The van der Waals surface area contributed by atoms with Crippen LogP contribution in [0.15, 0.2) is 24.3 Å². The van der Waals surface area contributed by atoms with Crippen LogP contribution in [0.5, 0.6) is 0 Å². The predicted molar refractivity (Wildman–Crippen MR) is 75.8 cm³/mol. The van der Waals surface area contributed by atoms with Gasteiger partial charge < -0.3 is 10.1 Å². The molecule has 1 N–H and O–H groups in total. The van der Waals surface area contributed by atoms with Crippen LogP contribution < -0.4 is 5.32 Å². The number of benzene rings is 1. The standard InChI is InChI=1S/C16H25NO/c1-12(16(2,3)18-4)17-15-11-7-9-13-8-5-6-10-14(13)15/h5-6,8,10,12,15,17H,7,9,11H2,1-4H3. The number of hydrogen-bond acceptors (Lipinski definition) is 2. The van der Waals surface area contributed by atoms with Gasteiger partial charge in [-0.2, -0.15) is 0 Å². The second-order valence-corrected chi connectivity index (χ2v) is 5.84. The lowest BCUT2D eigenvalue weighted by atomic mass is 9.86. The Morgan fingerprint density at radius 3 is 2.78 bits per heavy atom. The van der Waals surface area contributed by atoms with Gasteiger partial charge in [0.15, 0.2) is 0 Å². The lowest BCUT2D eigenvalue weighted by Gasteiger charge is -2.36. The molecule has 18 heavy (non-hydrogen) atoms. The lowest BCUT2D eigenvalue weighted by molar-refractivity contribution is -0.00875. The van der Waals surface area contributed by atoms with Gasteiger partial charge in [-0.05, 0) is 51.2 Å². The Hall–Kier alpha value is -0.860. The molecule has 0 aliphatic heterocycles. The molecule has 0 fully saturated rings. The van der Waals surface area contributed by atoms with Crippen LogP contribution in [0.4, 0.5) is 0 Å². The highest BCUT2D eigenvalue weighted by Crippen LogP contribution is 2.30. The topological polar surface area (TPSA) is 21.3 Å². The number of ether oxygens (including phenoxy) is 1. The Labute approximate surface area is 111 Å². The lowest BCUT2D eigenvalue weighted by Crippen LogP contribution is -2.47. The van der Waals surface area contributed by atoms with E-state index in [-0.39, 0.29) is 5.60 Å². The van der Waals surface area contributed by atoms with Crippen molar-refractivity contribution >= 4 is 0 Å². The molecule has 2 nitrogen and oxygen atoms in total. The Kier molecular flexibility index (Phi) is 4.08. The molecule has 0 heterocycles. The summed E-state index contributed by atoms with van der Waals surface area (Å²) in [5.41, 5.74) is 2.85. The quantitative estimate of drug-likeness (QED) is 0.879. The van der Waals surface area contributed by atoms with Crippen LogP contribution in [0.2, 0.25) is 0 Å². The van der Waals surface area contributed by atoms with E-state index >= 15 is 0 Å². The highest BCUT2D eigenvalue weighted by atomic mass is 16.5. The molecule has 100 valence electrons. The van der Waals surface area contributed by atoms with E-state index in [0.717, 1.165) is 0 Å². The van der Waals surface area contributed by atoms with Gasteiger partial charge in [0.25, 0.3) is 0 Å². The average Bonchev–Trinajstić information content (AvgIpc) is 2.39. The minimum absolute atomic E-state index is 0.133. The van der Waals surface area contributed by atoms with E-state index in [1.54, 1.807) is 7.11 Å². The summed E-state index contributed by atoms with van der Waals surface area (Å²) in [6, 6.07) is 9.61. The zero-order valence-corrected chi connectivity index (χ0v) is 12.0. The zero-order chi connectivity index (χ0) is 13.2. The van der Waals surface area contributed by atoms with Crippen LogP contribution in [0.25, 0.3) is 0 Å². The van der Waals surface area contributed by atoms with E-state index in [1.165, 1.54) is 30.4 Å². The van der Waals surface area contributed by atoms with Crippen LogP contribution in [-0.4, -0.2) is 18.8 Å². The maximum atomic E-state index is 5.57. The van der Waals surface area contributed by atoms with Crippen molar-refractivity contribution in [2.75, 3.05) is 7.11 Å². The normalized spacial score (nSPS) is 21.4. The third-order valence-corrected chi connectivity index (χ3v) is 4.39. The molecule has 0 aromatic heterocycles. The molecule has 2 rings (SSSR count). The van der Waals surface area contributed by atoms with Gasteiger partial charge in [0.2, 0.25) is 0 Å². The van der Waals surface area contributed by atoms with Crippen molar-refractivity contribution in [1.82, 2.24) is 5.32 Å². The molecule has 0 radical (unpaired) electrons. The van der Waals surface area contributed by atoms with Crippen LogP contribution in [0.1, 0.15) is 50.8 Å². The van der Waals surface area contributed by atoms with Crippen molar-refractivity contribution in [3.05, 3.63) is 35.4 Å². The number of nitrogens with one attached hydrogen (secondary N) is 1. The van der Waals surface area contributed by atoms with Crippen molar-refractivity contribution in [3.63, 3.8) is 0 Å². The SMILES string of the molecule is COC(C)(C)C(C)NC1CCCc2ccccc21. The molecular formula is C16H25NO. The second kappa shape index (κ2) is 5.41. The number of aryl methyl sites for hydroxylation is 1. The number of rotatable bonds is 4. The monoisotopic (exact) mass is 247 g/mol. The summed E-state index contributed by atoms with van der Waals surface area (Å²) in [5.74, 6) is 0. The van der Waals surface area contributed by atoms with Crippen molar-refractivity contribution in [1.29, 1.82) is 0 Å². The Morgan fingerprint density at radius 2 is 2.06 bits per heavy atom. The summed E-state index contributed by atoms with van der Waals surface area (Å²) in [5, 5.41) is 3.74. The van der Waals surface area contributed by atoms with Crippen molar-refractivity contribution in [2.24, 2.45) is 0 Å². The fraction of sp³-hybridized carbons (Fsp3) is 0.625. The summed E-state index contributed by atoms with van der Waals surface area (Å²) in [6.07, 6.45) is 3.71. The molecule has 0 saturated carbocycles. The predicted octanol–water partition coefficient (Wildman–Crippen LogP) is 3.47. The van der Waals surface area contributed by atoms with Crippen molar-refractivity contribution in [3.8, 4) is 0 Å². The van der Waals surface area contributed by atoms with E-state index < -0.39 is 0 Å². The van der Waals surface area contributed by atoms with Gasteiger partial charge in [-0.1, -0.05) is 24.3 Å². The number of methoxy groups -OCH3 is 1. The molecule has 1 aliphatic carbocycles. The summed E-state index contributed by atoms with van der Waals surface area (Å²) in [7, 11) is 1.78. The highest BCUT2D eigenvalue weighted by molar-refractivity contribution is 5.32. The molecule has 0 saturated heterocycles. The molecule has 0 bridgehead atoms. The first-order valence-electron chi connectivity index (χ1n) is 6.93. The fourth-order valence-electron chi connectivity index (χ4n) is 2.61. The van der Waals surface area contributed by atoms with Crippen LogP contribution in [-0.2, 0) is 11.2 Å². The van der Waals surface area contributed by atoms with E-state index in [9.17, 15) is 0 Å². The molecular weight excluding hydrogens is 222 g/mol. The highest BCUT2D eigenvalue weighted by Gasteiger charge is 2.29. The van der Waals surface area contributed by atoms with E-state index in [0.29, 0.717) is 12.1 Å². The van der Waals surface area contributed by atoms with Gasteiger partial charge in [-0.15, -0.1) is 0 Å². The van der Waals surface area contributed by atoms with Gasteiger partial charge in [-0.25, -0.2) is 0 Å². The first-order valence-corrected chi connectivity index (χ1v) is 6.93. The minimum atomic E-state index is -0.133. The van der Waals surface area contributed by atoms with E-state index in [1.807, 2.05) is 0 Å². The van der Waals surface area contributed by atoms with Crippen molar-refractivity contribution < 1.29 is 4.74 Å². The van der Waals surface area contributed by atoms with Gasteiger partial charge in [0.1, 0.15) is 0 Å². The van der Waals surface area contributed by atoms with Gasteiger partial charge in [0, 0.05) is 19.2 Å². The van der Waals surface area contributed by atoms with E-state index in [2.05, 4.69) is 50.4 Å². The van der Waals surface area contributed by atoms with Crippen LogP contribution in [0, 0.1) is 0 Å². The molecule has 1 aliphatic rings. The Balaban J connectivity index is 2.12. The van der Waals surface area contributed by atoms with Crippen LogP contribution >= 0.6 is 0 Å². The Morgan fingerprint density at radius 1 is 1.33 bits per heavy atom. The van der Waals surface area contributed by atoms with E-state index in [4.69, 9.17) is 4.74 Å². The molecule has 1 aromatic carbocycles. The van der Waals surface area contributed by atoms with Crippen LogP contribution in [0.3, 0.4) is 0 Å². The van der Waals surface area contributed by atoms with Gasteiger partial charge in [0.05, 0.1) is 5.60 Å². The zero-order valence-electron chi connectivity index (χ0n) is 12.0. The third-order valence-electron chi connectivity index (χ3n) is 4.39. The summed E-state index contributed by atoms with van der Waals surface area (Å²) in [4.78, 5) is 0. The molecule has 1 aromatic rings. The summed E-state index contributed by atoms with van der Waals surface area (Å²) in [6.45, 7) is 6.49. The van der Waals surface area contributed by atoms with Crippen molar-refractivity contribution in [2.45, 2.75) is 57.7 Å². The molecule has 2 heteroatoms. The maximum Gasteiger partial charge on any atom is 0.0772 e. The molecule has 0 amide bonds. The van der Waals surface area contributed by atoms with Gasteiger partial charge in [-0.3, -0.25) is 0 Å². The number of hydrogen-bond donors (Lipinski definition) is 1. The minimum Gasteiger partial charge on any atom is -0.377 e. The first kappa shape index (κ1) is 13.6. The second-order valence-electron chi connectivity index (χ2n) is 5.84. The smallest absolute Gasteiger partial charge is 0.0772 e. The maximum absolute atomic E-state index is 5.57. The number of fused-ring (bicyclic) bond motifs is 1. The Bertz CT molecular complexity index is 400.